The Hall–Kier alpha value is -2.45. The van der Waals surface area contributed by atoms with Crippen LogP contribution in [0.4, 0.5) is 5.82 Å². The van der Waals surface area contributed by atoms with E-state index in [1.807, 2.05) is 18.1 Å². The van der Waals surface area contributed by atoms with Crippen molar-refractivity contribution in [2.75, 3.05) is 50.7 Å². The molecule has 1 amide bonds. The highest BCUT2D eigenvalue weighted by atomic mass is 32.1. The fourth-order valence-electron chi connectivity index (χ4n) is 4.17. The Balaban J connectivity index is 1.17. The summed E-state index contributed by atoms with van der Waals surface area (Å²) in [5.41, 5.74) is 1.71. The lowest BCUT2D eigenvalue weighted by Gasteiger charge is -2.36. The van der Waals surface area contributed by atoms with Crippen molar-refractivity contribution in [3.05, 3.63) is 41.7 Å². The number of hydrogen-bond acceptors (Lipinski definition) is 6. The minimum atomic E-state index is 0.0782. The minimum absolute atomic E-state index is 0.0782. The normalized spacial score (nSPS) is 18.1. The van der Waals surface area contributed by atoms with Gasteiger partial charge in [0.2, 0.25) is 0 Å². The van der Waals surface area contributed by atoms with Gasteiger partial charge in [-0.05, 0) is 30.1 Å². The van der Waals surface area contributed by atoms with Gasteiger partial charge in [-0.25, -0.2) is 0 Å². The molecule has 0 aliphatic carbocycles. The Labute approximate surface area is 168 Å². The van der Waals surface area contributed by atoms with Crippen molar-refractivity contribution < 1.29 is 4.79 Å². The average molecular weight is 397 g/mol. The number of piperazine rings is 1. The van der Waals surface area contributed by atoms with Gasteiger partial charge in [0, 0.05) is 70.0 Å². The van der Waals surface area contributed by atoms with Gasteiger partial charge < -0.3 is 9.80 Å². The van der Waals surface area contributed by atoms with Gasteiger partial charge in [0.05, 0.1) is 4.70 Å². The van der Waals surface area contributed by atoms with Crippen LogP contribution in [0.3, 0.4) is 0 Å². The third-order valence-corrected chi connectivity index (χ3v) is 6.58. The molecule has 1 saturated heterocycles. The molecule has 5 rings (SSSR count). The van der Waals surface area contributed by atoms with Gasteiger partial charge in [0.1, 0.15) is 5.82 Å². The van der Waals surface area contributed by atoms with Gasteiger partial charge in [0.25, 0.3) is 5.91 Å². The number of amides is 1. The second kappa shape index (κ2) is 7.18. The van der Waals surface area contributed by atoms with Crippen molar-refractivity contribution in [2.45, 2.75) is 6.42 Å². The van der Waals surface area contributed by atoms with Gasteiger partial charge in [-0.1, -0.05) is 12.1 Å². The zero-order valence-electron chi connectivity index (χ0n) is 16.0. The first kappa shape index (κ1) is 17.6. The highest BCUT2D eigenvalue weighted by Crippen LogP contribution is 2.29. The van der Waals surface area contributed by atoms with E-state index >= 15 is 0 Å². The molecular formula is C20H24N6OS. The molecule has 0 bridgehead atoms. The monoisotopic (exact) mass is 396 g/mol. The number of aryl methyl sites for hydroxylation is 1. The lowest BCUT2D eigenvalue weighted by atomic mass is 10.1. The maximum absolute atomic E-state index is 12.7. The highest BCUT2D eigenvalue weighted by molar-refractivity contribution is 7.13. The largest absolute Gasteiger partial charge is 0.353 e. The first-order valence-corrected chi connectivity index (χ1v) is 10.6. The van der Waals surface area contributed by atoms with Crippen LogP contribution in [0.1, 0.15) is 16.1 Å². The van der Waals surface area contributed by atoms with Crippen molar-refractivity contribution in [1.29, 1.82) is 0 Å². The lowest BCUT2D eigenvalue weighted by molar-refractivity contribution is 0.0710. The molecule has 2 aliphatic heterocycles. The first-order valence-electron chi connectivity index (χ1n) is 9.82. The predicted octanol–water partition coefficient (Wildman–Crippen LogP) is 1.85. The molecule has 0 atom stereocenters. The Morgan fingerprint density at radius 3 is 2.75 bits per heavy atom. The van der Waals surface area contributed by atoms with E-state index in [0.717, 1.165) is 63.6 Å². The summed E-state index contributed by atoms with van der Waals surface area (Å²) in [6, 6.07) is 8.45. The molecule has 0 saturated carbocycles. The van der Waals surface area contributed by atoms with E-state index in [2.05, 4.69) is 43.5 Å². The maximum Gasteiger partial charge on any atom is 0.274 e. The van der Waals surface area contributed by atoms with Crippen LogP contribution in [0, 0.1) is 0 Å². The number of benzene rings is 1. The van der Waals surface area contributed by atoms with Crippen molar-refractivity contribution in [3.63, 3.8) is 0 Å². The van der Waals surface area contributed by atoms with Crippen LogP contribution in [0.5, 0.6) is 0 Å². The van der Waals surface area contributed by atoms with Gasteiger partial charge in [0.15, 0.2) is 5.69 Å². The van der Waals surface area contributed by atoms with Crippen LogP contribution in [-0.2, 0) is 13.5 Å². The molecule has 0 spiro atoms. The number of fused-ring (bicyclic) bond motifs is 2. The maximum atomic E-state index is 12.7. The SMILES string of the molecule is Cn1cc2c(n1)C(=O)N(CCN1CCN(c3nsc4ccccc34)CC1)CC2. The van der Waals surface area contributed by atoms with Crippen LogP contribution >= 0.6 is 11.5 Å². The van der Waals surface area contributed by atoms with E-state index in [0.29, 0.717) is 5.69 Å². The topological polar surface area (TPSA) is 57.5 Å². The van der Waals surface area contributed by atoms with Crippen molar-refractivity contribution in [2.24, 2.45) is 7.05 Å². The molecule has 2 aliphatic rings. The second-order valence-corrected chi connectivity index (χ2v) is 8.35. The summed E-state index contributed by atoms with van der Waals surface area (Å²) in [5, 5.41) is 5.60. The summed E-state index contributed by atoms with van der Waals surface area (Å²) < 4.78 is 7.68. The molecule has 146 valence electrons. The Bertz CT molecular complexity index is 1000. The number of nitrogens with zero attached hydrogens (tertiary/aromatic N) is 6. The number of rotatable bonds is 4. The third kappa shape index (κ3) is 3.16. The summed E-state index contributed by atoms with van der Waals surface area (Å²) >= 11 is 1.58. The van der Waals surface area contributed by atoms with E-state index < -0.39 is 0 Å². The number of carbonyl (C=O) groups excluding carboxylic acids is 1. The summed E-state index contributed by atoms with van der Waals surface area (Å²) in [4.78, 5) is 19.4. The molecule has 2 aromatic heterocycles. The quantitative estimate of drug-likeness (QED) is 0.674. The molecule has 1 fully saturated rings. The Kier molecular flexibility index (Phi) is 4.52. The Morgan fingerprint density at radius 2 is 1.89 bits per heavy atom. The van der Waals surface area contributed by atoms with E-state index in [4.69, 9.17) is 0 Å². The van der Waals surface area contributed by atoms with E-state index in [1.54, 1.807) is 16.2 Å². The molecule has 3 aromatic rings. The fraction of sp³-hybridized carbons (Fsp3) is 0.450. The molecule has 0 unspecified atom stereocenters. The first-order chi connectivity index (χ1) is 13.7. The van der Waals surface area contributed by atoms with Crippen LogP contribution in [0.25, 0.3) is 10.1 Å². The number of carbonyl (C=O) groups is 1. The van der Waals surface area contributed by atoms with E-state index in [1.165, 1.54) is 10.1 Å². The standard InChI is InChI=1S/C20H24N6OS/c1-23-14-15-6-7-26(20(27)18(15)21-23)13-10-24-8-11-25(12-9-24)19-16-4-2-3-5-17(16)28-22-19/h2-5,14H,6-13H2,1H3. The predicted molar refractivity (Wildman–Crippen MR) is 111 cm³/mol. The molecule has 0 radical (unpaired) electrons. The lowest BCUT2D eigenvalue weighted by Crippen LogP contribution is -2.49. The molecular weight excluding hydrogens is 372 g/mol. The van der Waals surface area contributed by atoms with Gasteiger partial charge in [-0.3, -0.25) is 14.4 Å². The number of aromatic nitrogens is 3. The minimum Gasteiger partial charge on any atom is -0.353 e. The Morgan fingerprint density at radius 1 is 1.07 bits per heavy atom. The van der Waals surface area contributed by atoms with Crippen LogP contribution in [-0.4, -0.2) is 75.7 Å². The van der Waals surface area contributed by atoms with Gasteiger partial charge in [-0.2, -0.15) is 9.47 Å². The summed E-state index contributed by atoms with van der Waals surface area (Å²) in [7, 11) is 1.88. The smallest absolute Gasteiger partial charge is 0.274 e. The molecule has 1 aromatic carbocycles. The van der Waals surface area contributed by atoms with Crippen LogP contribution in [0.15, 0.2) is 30.5 Å². The van der Waals surface area contributed by atoms with Crippen molar-refractivity contribution >= 4 is 33.3 Å². The third-order valence-electron chi connectivity index (χ3n) is 5.76. The molecule has 8 heteroatoms. The zero-order chi connectivity index (χ0) is 19.1. The molecule has 28 heavy (non-hydrogen) atoms. The van der Waals surface area contributed by atoms with Gasteiger partial charge in [-0.15, -0.1) is 0 Å². The molecule has 4 heterocycles. The number of hydrogen-bond donors (Lipinski definition) is 0. The zero-order valence-corrected chi connectivity index (χ0v) is 16.9. The summed E-state index contributed by atoms with van der Waals surface area (Å²) in [5.74, 6) is 1.20. The van der Waals surface area contributed by atoms with Crippen LogP contribution in [0.2, 0.25) is 0 Å². The van der Waals surface area contributed by atoms with E-state index in [9.17, 15) is 4.79 Å². The van der Waals surface area contributed by atoms with Crippen molar-refractivity contribution in [1.82, 2.24) is 24.0 Å². The fourth-order valence-corrected chi connectivity index (χ4v) is 4.96. The van der Waals surface area contributed by atoms with Crippen molar-refractivity contribution in [3.8, 4) is 0 Å². The average Bonchev–Trinajstić information content (AvgIpc) is 3.31. The molecule has 0 N–H and O–H groups in total. The second-order valence-electron chi connectivity index (χ2n) is 7.55. The highest BCUT2D eigenvalue weighted by Gasteiger charge is 2.28. The van der Waals surface area contributed by atoms with Gasteiger partial charge >= 0.3 is 0 Å². The summed E-state index contributed by atoms with van der Waals surface area (Å²) in [6.07, 6.45) is 2.87. The van der Waals surface area contributed by atoms with Crippen LogP contribution < -0.4 is 4.90 Å². The molecule has 7 nitrogen and oxygen atoms in total. The number of anilines is 1. The summed E-state index contributed by atoms with van der Waals surface area (Å²) in [6.45, 7) is 6.44. The van der Waals surface area contributed by atoms with E-state index in [-0.39, 0.29) is 5.91 Å².